The van der Waals surface area contributed by atoms with Crippen LogP contribution in [0.15, 0.2) is 0 Å². The van der Waals surface area contributed by atoms with Gasteiger partial charge in [0.05, 0.1) is 16.1 Å². The zero-order chi connectivity index (χ0) is 19.6. The van der Waals surface area contributed by atoms with E-state index in [-0.39, 0.29) is 0 Å². The van der Waals surface area contributed by atoms with Gasteiger partial charge in [-0.2, -0.15) is 0 Å². The Morgan fingerprint density at radius 1 is 0.520 bits per heavy atom. The second kappa shape index (κ2) is 12.2. The van der Waals surface area contributed by atoms with Gasteiger partial charge in [0.15, 0.2) is 0 Å². The van der Waals surface area contributed by atoms with Gasteiger partial charge in [0.2, 0.25) is 0 Å². The van der Waals surface area contributed by atoms with Crippen LogP contribution in [-0.2, 0) is 0 Å². The van der Waals surface area contributed by atoms with Gasteiger partial charge in [-0.05, 0) is 0 Å². The summed E-state index contributed by atoms with van der Waals surface area (Å²) in [5.74, 6) is 0. The van der Waals surface area contributed by atoms with Gasteiger partial charge in [-0.25, -0.2) is 0 Å². The van der Waals surface area contributed by atoms with E-state index in [0.29, 0.717) is 0 Å². The first kappa shape index (κ1) is 25.7. The molecule has 0 aromatic rings. The van der Waals surface area contributed by atoms with Crippen LogP contribution in [0.1, 0.15) is 80.1 Å². The van der Waals surface area contributed by atoms with Crippen LogP contribution in [-0.4, -0.2) is 24.2 Å². The Morgan fingerprint density at radius 2 is 0.840 bits per heavy atom. The monoisotopic (exact) mass is 400 g/mol. The summed E-state index contributed by atoms with van der Waals surface area (Å²) in [4.78, 5) is 1.25. The van der Waals surface area contributed by atoms with E-state index in [0.717, 1.165) is 0 Å². The highest BCUT2D eigenvalue weighted by Gasteiger charge is 2.54. The van der Waals surface area contributed by atoms with Gasteiger partial charge in [-0.3, -0.25) is 0 Å². The van der Waals surface area contributed by atoms with Crippen molar-refractivity contribution in [2.45, 2.75) is 141 Å². The van der Waals surface area contributed by atoms with Gasteiger partial charge in [-0.15, -0.1) is 0 Å². The molecule has 0 fully saturated rings. The highest BCUT2D eigenvalue weighted by Crippen LogP contribution is 2.51. The number of hydrogen-bond donors (Lipinski definition) is 0. The maximum absolute atomic E-state index is 2.76. The summed E-state index contributed by atoms with van der Waals surface area (Å²) >= 11 is 0. The molecular weight excluding hydrogens is 349 g/mol. The second-order valence-corrected chi connectivity index (χ2v) is 27.2. The molecule has 25 heavy (non-hydrogen) atoms. The Hall–Kier alpha value is 0.651. The van der Waals surface area contributed by atoms with Crippen LogP contribution >= 0.6 is 0 Å². The summed E-state index contributed by atoms with van der Waals surface area (Å²) < 4.78 is 0. The lowest BCUT2D eigenvalue weighted by molar-refractivity contribution is 0.785. The molecule has 1 atom stereocenters. The van der Waals surface area contributed by atoms with Crippen molar-refractivity contribution in [3.8, 4) is 0 Å². The molecule has 3 heteroatoms. The molecule has 0 nitrogen and oxygen atoms in total. The minimum absolute atomic E-state index is 1.14. The normalized spacial score (nSPS) is 14.8. The van der Waals surface area contributed by atoms with E-state index in [4.69, 9.17) is 0 Å². The Morgan fingerprint density at radius 3 is 1.04 bits per heavy atom. The van der Waals surface area contributed by atoms with Gasteiger partial charge < -0.3 is 0 Å². The molecule has 0 saturated carbocycles. The molecule has 0 spiro atoms. The molecule has 0 aliphatic carbocycles. The molecule has 0 N–H and O–H groups in total. The summed E-state index contributed by atoms with van der Waals surface area (Å²) in [6, 6.07) is 9.63. The standard InChI is InChI=1S/C22H52Si3/c1-10-16-19-25(20-17-11-2,21-18-12-3)22(23(7,8)9)24(13-4,14-5)15-6/h22H,10-21H2,1-9H3. The quantitative estimate of drug-likeness (QED) is 0.240. The van der Waals surface area contributed by atoms with Crippen molar-refractivity contribution in [2.24, 2.45) is 0 Å². The summed E-state index contributed by atoms with van der Waals surface area (Å²) in [6.07, 6.45) is 8.77. The van der Waals surface area contributed by atoms with Gasteiger partial charge in [-0.1, -0.05) is 141 Å². The fourth-order valence-electron chi connectivity index (χ4n) is 6.24. The average Bonchev–Trinajstić information content (AvgIpc) is 2.59. The lowest BCUT2D eigenvalue weighted by atomic mass is 10.4. The molecule has 0 aliphatic heterocycles. The fourth-order valence-corrected chi connectivity index (χ4v) is 39.9. The average molecular weight is 401 g/mol. The van der Waals surface area contributed by atoms with Crippen LogP contribution in [0.4, 0.5) is 0 Å². The molecule has 0 bridgehead atoms. The first-order chi connectivity index (χ1) is 11.7. The summed E-state index contributed by atoms with van der Waals surface area (Å²) in [7, 11) is -3.49. The Kier molecular flexibility index (Phi) is 12.5. The minimum Gasteiger partial charge on any atom is -0.0698 e. The predicted octanol–water partition coefficient (Wildman–Crippen LogP) is 9.13. The molecule has 0 radical (unpaired) electrons. The maximum atomic E-state index is 2.76. The van der Waals surface area contributed by atoms with Crippen LogP contribution < -0.4 is 0 Å². The van der Waals surface area contributed by atoms with Crippen molar-refractivity contribution in [2.75, 3.05) is 0 Å². The van der Waals surface area contributed by atoms with E-state index < -0.39 is 24.2 Å². The largest absolute Gasteiger partial charge is 0.0698 e. The van der Waals surface area contributed by atoms with E-state index in [1.54, 1.807) is 36.3 Å². The van der Waals surface area contributed by atoms with E-state index in [1.165, 1.54) is 43.3 Å². The highest BCUT2D eigenvalue weighted by molar-refractivity contribution is 7.14. The van der Waals surface area contributed by atoms with Crippen LogP contribution in [0.5, 0.6) is 0 Å². The molecular formula is C22H52Si3. The Bertz CT molecular complexity index is 299. The molecule has 0 aromatic heterocycles. The van der Waals surface area contributed by atoms with E-state index >= 15 is 0 Å². The van der Waals surface area contributed by atoms with Crippen LogP contribution in [0, 0.1) is 0 Å². The van der Waals surface area contributed by atoms with E-state index in [2.05, 4.69) is 61.2 Å². The van der Waals surface area contributed by atoms with Gasteiger partial charge in [0, 0.05) is 8.07 Å². The zero-order valence-corrected chi connectivity index (χ0v) is 22.6. The molecule has 152 valence electrons. The first-order valence-electron chi connectivity index (χ1n) is 11.7. The first-order valence-corrected chi connectivity index (χ1v) is 20.7. The third-order valence-corrected chi connectivity index (χ3v) is 32.3. The fraction of sp³-hybridized carbons (Fsp3) is 1.00. The highest BCUT2D eigenvalue weighted by atomic mass is 28.5. The van der Waals surface area contributed by atoms with Crippen LogP contribution in [0.2, 0.25) is 60.7 Å². The maximum Gasteiger partial charge on any atom is 0.0514 e. The summed E-state index contributed by atoms with van der Waals surface area (Å²) in [5.41, 5.74) is 0. The lowest BCUT2D eigenvalue weighted by Crippen LogP contribution is -2.62. The van der Waals surface area contributed by atoms with Crippen LogP contribution in [0.25, 0.3) is 0 Å². The minimum atomic E-state index is -1.20. The van der Waals surface area contributed by atoms with Gasteiger partial charge >= 0.3 is 0 Å². The molecule has 0 heterocycles. The van der Waals surface area contributed by atoms with Crippen molar-refractivity contribution in [1.29, 1.82) is 0 Å². The molecule has 0 aromatic carbocycles. The predicted molar refractivity (Wildman–Crippen MR) is 129 cm³/mol. The van der Waals surface area contributed by atoms with Crippen LogP contribution in [0.3, 0.4) is 0 Å². The summed E-state index contributed by atoms with van der Waals surface area (Å²) in [5, 5.41) is 0. The summed E-state index contributed by atoms with van der Waals surface area (Å²) in [6.45, 7) is 23.3. The number of rotatable bonds is 15. The Labute approximate surface area is 165 Å². The SMILES string of the molecule is CCCC[Si](CCCC)(CCCC)C([Si](C)(C)C)[Si](CC)(CC)CC. The van der Waals surface area contributed by atoms with Gasteiger partial charge in [0.25, 0.3) is 0 Å². The molecule has 0 saturated heterocycles. The molecule has 1 unspecified atom stereocenters. The number of unbranched alkanes of at least 4 members (excludes halogenated alkanes) is 3. The molecule has 0 rings (SSSR count). The smallest absolute Gasteiger partial charge is 0.0514 e. The van der Waals surface area contributed by atoms with Crippen molar-refractivity contribution in [3.63, 3.8) is 0 Å². The van der Waals surface area contributed by atoms with Crippen molar-refractivity contribution in [1.82, 2.24) is 0 Å². The van der Waals surface area contributed by atoms with Crippen molar-refractivity contribution >= 4 is 24.2 Å². The third kappa shape index (κ3) is 6.95. The lowest BCUT2D eigenvalue weighted by Gasteiger charge is -2.55. The molecule has 0 aliphatic rings. The van der Waals surface area contributed by atoms with E-state index in [9.17, 15) is 0 Å². The molecule has 0 amide bonds. The Balaban J connectivity index is 6.25. The zero-order valence-electron chi connectivity index (χ0n) is 19.6. The van der Waals surface area contributed by atoms with Crippen molar-refractivity contribution in [3.05, 3.63) is 0 Å². The second-order valence-electron chi connectivity index (χ2n) is 9.90. The van der Waals surface area contributed by atoms with Crippen molar-refractivity contribution < 1.29 is 0 Å². The van der Waals surface area contributed by atoms with Gasteiger partial charge in [0.1, 0.15) is 0 Å². The third-order valence-electron chi connectivity index (χ3n) is 7.29. The number of hydrogen-bond acceptors (Lipinski definition) is 0. The van der Waals surface area contributed by atoms with E-state index in [1.807, 2.05) is 0 Å². The topological polar surface area (TPSA) is 0 Å².